The van der Waals surface area contributed by atoms with Crippen LogP contribution in [0.3, 0.4) is 0 Å². The molecule has 0 saturated carbocycles. The molecule has 0 fully saturated rings. The molecule has 0 aliphatic heterocycles. The maximum atomic E-state index is 7.09. The Morgan fingerprint density at radius 2 is 2.25 bits per heavy atom. The van der Waals surface area contributed by atoms with Crippen LogP contribution >= 0.6 is 0 Å². The Labute approximate surface area is 72.2 Å². The molecule has 1 rings (SSSR count). The molecule has 0 spiro atoms. The molecule has 3 N–H and O–H groups in total. The lowest BCUT2D eigenvalue weighted by Crippen LogP contribution is -1.93. The summed E-state index contributed by atoms with van der Waals surface area (Å²) in [5.74, 6) is 0. The van der Waals surface area contributed by atoms with Crippen molar-refractivity contribution in [1.82, 2.24) is 0 Å². The molecular weight excluding hydrogens is 148 g/mol. The maximum absolute atomic E-state index is 7.09. The molecule has 2 nitrogen and oxygen atoms in total. The van der Waals surface area contributed by atoms with Gasteiger partial charge in [-0.1, -0.05) is 18.2 Å². The van der Waals surface area contributed by atoms with Crippen LogP contribution in [0.2, 0.25) is 0 Å². The predicted octanol–water partition coefficient (Wildman–Crippen LogP) is 2.30. The lowest BCUT2D eigenvalue weighted by Gasteiger charge is -2.03. The van der Waals surface area contributed by atoms with Crippen LogP contribution in [0.15, 0.2) is 24.8 Å². The highest BCUT2D eigenvalue weighted by molar-refractivity contribution is 5.86. The summed E-state index contributed by atoms with van der Waals surface area (Å²) in [6.45, 7) is 5.74. The molecule has 0 heterocycles. The number of nitrogens with two attached hydrogens (primary N) is 1. The van der Waals surface area contributed by atoms with Gasteiger partial charge < -0.3 is 11.1 Å². The largest absolute Gasteiger partial charge is 0.398 e. The van der Waals surface area contributed by atoms with Gasteiger partial charge in [0.25, 0.3) is 0 Å². The first-order valence-corrected chi connectivity index (χ1v) is 3.71. The van der Waals surface area contributed by atoms with Crippen molar-refractivity contribution in [3.05, 3.63) is 35.9 Å². The van der Waals surface area contributed by atoms with Gasteiger partial charge >= 0.3 is 0 Å². The summed E-state index contributed by atoms with van der Waals surface area (Å²) < 4.78 is 0. The molecule has 0 aromatic heterocycles. The number of hydrogen-bond acceptors (Lipinski definition) is 2. The lowest BCUT2D eigenvalue weighted by molar-refractivity contribution is 1.51. The summed E-state index contributed by atoms with van der Waals surface area (Å²) in [5, 5.41) is 7.09. The van der Waals surface area contributed by atoms with E-state index < -0.39 is 0 Å². The zero-order chi connectivity index (χ0) is 9.14. The van der Waals surface area contributed by atoms with E-state index in [0.717, 1.165) is 16.7 Å². The summed E-state index contributed by atoms with van der Waals surface area (Å²) in [5.41, 5.74) is 9.01. The van der Waals surface area contributed by atoms with E-state index in [1.165, 1.54) is 6.21 Å². The molecule has 0 amide bonds. The maximum Gasteiger partial charge on any atom is 0.0403 e. The van der Waals surface area contributed by atoms with E-state index in [1.807, 2.05) is 19.1 Å². The minimum atomic E-state index is 0.634. The van der Waals surface area contributed by atoms with Crippen molar-refractivity contribution in [2.75, 3.05) is 5.73 Å². The van der Waals surface area contributed by atoms with Gasteiger partial charge in [-0.05, 0) is 24.6 Å². The van der Waals surface area contributed by atoms with Crippen molar-refractivity contribution in [2.45, 2.75) is 6.92 Å². The van der Waals surface area contributed by atoms with Gasteiger partial charge in [0, 0.05) is 17.5 Å². The van der Waals surface area contributed by atoms with Crippen molar-refractivity contribution in [3.63, 3.8) is 0 Å². The topological polar surface area (TPSA) is 49.9 Å². The van der Waals surface area contributed by atoms with Crippen molar-refractivity contribution in [2.24, 2.45) is 0 Å². The van der Waals surface area contributed by atoms with Gasteiger partial charge in [-0.25, -0.2) is 0 Å². The quantitative estimate of drug-likeness (QED) is 0.506. The molecule has 62 valence electrons. The predicted molar refractivity (Wildman–Crippen MR) is 53.4 cm³/mol. The van der Waals surface area contributed by atoms with Crippen LogP contribution in [-0.2, 0) is 0 Å². The zero-order valence-electron chi connectivity index (χ0n) is 7.09. The van der Waals surface area contributed by atoms with E-state index in [9.17, 15) is 0 Å². The molecule has 0 aliphatic rings. The summed E-state index contributed by atoms with van der Waals surface area (Å²) in [6.07, 6.45) is 1.25. The second-order valence-corrected chi connectivity index (χ2v) is 2.77. The van der Waals surface area contributed by atoms with E-state index in [1.54, 1.807) is 6.07 Å². The SMILES string of the molecule is C=C(C)c1ccc(N)c(C=N)c1. The highest BCUT2D eigenvalue weighted by atomic mass is 14.6. The van der Waals surface area contributed by atoms with Crippen molar-refractivity contribution in [3.8, 4) is 0 Å². The van der Waals surface area contributed by atoms with Crippen LogP contribution < -0.4 is 5.73 Å². The Morgan fingerprint density at radius 3 is 2.75 bits per heavy atom. The number of nitrogen functional groups attached to an aromatic ring is 1. The number of benzene rings is 1. The standard InChI is InChI=1S/C10H12N2/c1-7(2)8-3-4-10(12)9(5-8)6-11/h3-6,11H,1,12H2,2H3. The summed E-state index contributed by atoms with van der Waals surface area (Å²) >= 11 is 0. The first kappa shape index (κ1) is 8.53. The van der Waals surface area contributed by atoms with Crippen molar-refractivity contribution < 1.29 is 0 Å². The fraction of sp³-hybridized carbons (Fsp3) is 0.100. The van der Waals surface area contributed by atoms with Crippen LogP contribution in [0, 0.1) is 5.41 Å². The van der Waals surface area contributed by atoms with Gasteiger partial charge in [0.15, 0.2) is 0 Å². The van der Waals surface area contributed by atoms with Crippen LogP contribution in [0.5, 0.6) is 0 Å². The van der Waals surface area contributed by atoms with Crippen LogP contribution in [0.25, 0.3) is 5.57 Å². The smallest absolute Gasteiger partial charge is 0.0403 e. The summed E-state index contributed by atoms with van der Waals surface area (Å²) in [7, 11) is 0. The molecule has 12 heavy (non-hydrogen) atoms. The van der Waals surface area contributed by atoms with Crippen molar-refractivity contribution >= 4 is 17.5 Å². The molecule has 1 aromatic carbocycles. The van der Waals surface area contributed by atoms with Gasteiger partial charge in [-0.15, -0.1) is 0 Å². The normalized spacial score (nSPS) is 9.42. The molecule has 0 aliphatic carbocycles. The minimum absolute atomic E-state index is 0.634. The monoisotopic (exact) mass is 160 g/mol. The van der Waals surface area contributed by atoms with Crippen LogP contribution in [0.1, 0.15) is 18.1 Å². The summed E-state index contributed by atoms with van der Waals surface area (Å²) in [6, 6.07) is 5.57. The Hall–Kier alpha value is -1.57. The Kier molecular flexibility index (Phi) is 2.29. The Bertz CT molecular complexity index is 327. The molecule has 0 saturated heterocycles. The third-order valence-electron chi connectivity index (χ3n) is 1.74. The van der Waals surface area contributed by atoms with Crippen LogP contribution in [-0.4, -0.2) is 6.21 Å². The highest BCUT2D eigenvalue weighted by Crippen LogP contribution is 2.17. The molecule has 1 aromatic rings. The van der Waals surface area contributed by atoms with E-state index >= 15 is 0 Å². The first-order chi connectivity index (χ1) is 5.65. The van der Waals surface area contributed by atoms with Gasteiger partial charge in [-0.2, -0.15) is 0 Å². The van der Waals surface area contributed by atoms with Gasteiger partial charge in [0.1, 0.15) is 0 Å². The number of allylic oxidation sites excluding steroid dienone is 1. The molecule has 2 heteroatoms. The third kappa shape index (κ3) is 1.53. The van der Waals surface area contributed by atoms with E-state index in [0.29, 0.717) is 5.69 Å². The van der Waals surface area contributed by atoms with E-state index in [-0.39, 0.29) is 0 Å². The second-order valence-electron chi connectivity index (χ2n) is 2.77. The molecule has 0 bridgehead atoms. The molecular formula is C10H12N2. The molecule has 0 radical (unpaired) electrons. The second kappa shape index (κ2) is 3.22. The summed E-state index contributed by atoms with van der Waals surface area (Å²) in [4.78, 5) is 0. The van der Waals surface area contributed by atoms with Gasteiger partial charge in [-0.3, -0.25) is 0 Å². The number of anilines is 1. The van der Waals surface area contributed by atoms with Crippen LogP contribution in [0.4, 0.5) is 5.69 Å². The Balaban J connectivity index is 3.22. The molecule has 0 atom stereocenters. The Morgan fingerprint density at radius 1 is 1.58 bits per heavy atom. The number of hydrogen-bond donors (Lipinski definition) is 2. The fourth-order valence-electron chi connectivity index (χ4n) is 0.965. The average molecular weight is 160 g/mol. The van der Waals surface area contributed by atoms with Crippen molar-refractivity contribution in [1.29, 1.82) is 5.41 Å². The molecule has 0 unspecified atom stereocenters. The zero-order valence-corrected chi connectivity index (χ0v) is 7.09. The first-order valence-electron chi connectivity index (χ1n) is 3.71. The lowest BCUT2D eigenvalue weighted by atomic mass is 10.1. The fourth-order valence-corrected chi connectivity index (χ4v) is 0.965. The highest BCUT2D eigenvalue weighted by Gasteiger charge is 1.98. The minimum Gasteiger partial charge on any atom is -0.398 e. The third-order valence-corrected chi connectivity index (χ3v) is 1.74. The van der Waals surface area contributed by atoms with E-state index in [4.69, 9.17) is 11.1 Å². The number of nitrogens with one attached hydrogen (secondary N) is 1. The average Bonchev–Trinajstić information content (AvgIpc) is 2.05. The number of rotatable bonds is 2. The van der Waals surface area contributed by atoms with E-state index in [2.05, 4.69) is 6.58 Å². The van der Waals surface area contributed by atoms with Gasteiger partial charge in [0.2, 0.25) is 0 Å². The van der Waals surface area contributed by atoms with Gasteiger partial charge in [0.05, 0.1) is 0 Å².